The van der Waals surface area contributed by atoms with Crippen molar-refractivity contribution >= 4 is 16.7 Å². The van der Waals surface area contributed by atoms with Gasteiger partial charge in [-0.15, -0.1) is 0 Å². The average Bonchev–Trinajstić information content (AvgIpc) is 2.80. The maximum atomic E-state index is 5.74. The molecule has 3 rings (SSSR count). The number of benzene rings is 2. The van der Waals surface area contributed by atoms with Gasteiger partial charge in [-0.1, -0.05) is 26.0 Å². The fraction of sp³-hybridized carbons (Fsp3) is 0.188. The summed E-state index contributed by atoms with van der Waals surface area (Å²) in [5, 5.41) is 0. The normalized spacial score (nSPS) is 11.2. The van der Waals surface area contributed by atoms with E-state index in [1.165, 1.54) is 5.56 Å². The molecular formula is C16H17N3O. The summed E-state index contributed by atoms with van der Waals surface area (Å²) in [5.41, 5.74) is 9.45. The van der Waals surface area contributed by atoms with Crippen LogP contribution in [0, 0.1) is 0 Å². The molecule has 0 aliphatic heterocycles. The van der Waals surface area contributed by atoms with Crippen LogP contribution in [0.5, 0.6) is 11.8 Å². The minimum atomic E-state index is 0.475. The zero-order valence-electron chi connectivity index (χ0n) is 11.6. The van der Waals surface area contributed by atoms with Crippen molar-refractivity contribution in [3.05, 3.63) is 48.0 Å². The van der Waals surface area contributed by atoms with Gasteiger partial charge in [0, 0.05) is 5.69 Å². The van der Waals surface area contributed by atoms with Crippen LogP contribution in [-0.2, 0) is 0 Å². The van der Waals surface area contributed by atoms with Crippen LogP contribution in [-0.4, -0.2) is 9.97 Å². The SMILES string of the molecule is CC(C)c1ccc(Oc2nc3ccc(N)cc3[nH]2)cc1. The first-order chi connectivity index (χ1) is 9.61. The lowest BCUT2D eigenvalue weighted by Crippen LogP contribution is -1.89. The van der Waals surface area contributed by atoms with Crippen LogP contribution in [0.4, 0.5) is 5.69 Å². The highest BCUT2D eigenvalue weighted by molar-refractivity contribution is 5.79. The molecule has 0 saturated carbocycles. The van der Waals surface area contributed by atoms with Crippen molar-refractivity contribution in [2.75, 3.05) is 5.73 Å². The first-order valence-corrected chi connectivity index (χ1v) is 6.65. The Bertz CT molecular complexity index is 729. The molecule has 2 aromatic carbocycles. The van der Waals surface area contributed by atoms with Crippen LogP contribution in [0.1, 0.15) is 25.3 Å². The van der Waals surface area contributed by atoms with E-state index in [4.69, 9.17) is 10.5 Å². The van der Waals surface area contributed by atoms with Gasteiger partial charge in [-0.25, -0.2) is 0 Å². The number of nitrogen functional groups attached to an aromatic ring is 1. The number of hydrogen-bond donors (Lipinski definition) is 2. The molecule has 4 nitrogen and oxygen atoms in total. The van der Waals surface area contributed by atoms with Crippen LogP contribution in [0.15, 0.2) is 42.5 Å². The van der Waals surface area contributed by atoms with E-state index < -0.39 is 0 Å². The summed E-state index contributed by atoms with van der Waals surface area (Å²) < 4.78 is 5.73. The second kappa shape index (κ2) is 4.89. The number of nitrogens with zero attached hydrogens (tertiary/aromatic N) is 1. The van der Waals surface area contributed by atoms with E-state index in [0.717, 1.165) is 16.8 Å². The predicted octanol–water partition coefficient (Wildman–Crippen LogP) is 4.06. The van der Waals surface area contributed by atoms with Gasteiger partial charge in [-0.05, 0) is 41.8 Å². The largest absolute Gasteiger partial charge is 0.426 e. The van der Waals surface area contributed by atoms with Gasteiger partial charge in [-0.2, -0.15) is 4.98 Å². The minimum absolute atomic E-state index is 0.475. The van der Waals surface area contributed by atoms with E-state index in [1.54, 1.807) is 0 Å². The number of fused-ring (bicyclic) bond motifs is 1. The number of ether oxygens (including phenoxy) is 1. The second-order valence-corrected chi connectivity index (χ2v) is 5.14. The number of nitrogens with one attached hydrogen (secondary N) is 1. The molecular weight excluding hydrogens is 250 g/mol. The Balaban J connectivity index is 1.85. The lowest BCUT2D eigenvalue weighted by atomic mass is 10.0. The van der Waals surface area contributed by atoms with Crippen molar-refractivity contribution in [2.45, 2.75) is 19.8 Å². The molecule has 0 unspecified atom stereocenters. The zero-order valence-corrected chi connectivity index (χ0v) is 11.6. The lowest BCUT2D eigenvalue weighted by Gasteiger charge is -2.06. The fourth-order valence-corrected chi connectivity index (χ4v) is 2.08. The molecule has 0 amide bonds. The number of H-pyrrole nitrogens is 1. The first-order valence-electron chi connectivity index (χ1n) is 6.65. The Hall–Kier alpha value is -2.49. The molecule has 0 spiro atoms. The van der Waals surface area contributed by atoms with E-state index in [9.17, 15) is 0 Å². The number of aromatic nitrogens is 2. The molecule has 0 aliphatic carbocycles. The van der Waals surface area contributed by atoms with Gasteiger partial charge in [0.05, 0.1) is 11.0 Å². The van der Waals surface area contributed by atoms with Gasteiger partial charge >= 0.3 is 0 Å². The van der Waals surface area contributed by atoms with E-state index in [0.29, 0.717) is 17.6 Å². The van der Waals surface area contributed by atoms with Gasteiger partial charge in [0.25, 0.3) is 6.01 Å². The molecule has 3 aromatic rings. The monoisotopic (exact) mass is 267 g/mol. The van der Waals surface area contributed by atoms with Gasteiger partial charge in [0.2, 0.25) is 0 Å². The molecule has 4 heteroatoms. The molecule has 20 heavy (non-hydrogen) atoms. The van der Waals surface area contributed by atoms with Crippen molar-refractivity contribution in [1.29, 1.82) is 0 Å². The summed E-state index contributed by atoms with van der Waals surface area (Å²) in [6.45, 7) is 4.33. The van der Waals surface area contributed by atoms with Crippen LogP contribution >= 0.6 is 0 Å². The Kier molecular flexibility index (Phi) is 3.06. The van der Waals surface area contributed by atoms with Gasteiger partial charge in [-0.3, -0.25) is 0 Å². The fourth-order valence-electron chi connectivity index (χ4n) is 2.08. The Morgan fingerprint density at radius 2 is 1.85 bits per heavy atom. The number of hydrogen-bond acceptors (Lipinski definition) is 3. The van der Waals surface area contributed by atoms with Gasteiger partial charge in [0.1, 0.15) is 5.75 Å². The highest BCUT2D eigenvalue weighted by atomic mass is 16.5. The maximum Gasteiger partial charge on any atom is 0.300 e. The van der Waals surface area contributed by atoms with Crippen molar-refractivity contribution in [3.63, 3.8) is 0 Å². The molecule has 3 N–H and O–H groups in total. The quantitative estimate of drug-likeness (QED) is 0.703. The maximum absolute atomic E-state index is 5.74. The molecule has 1 aromatic heterocycles. The van der Waals surface area contributed by atoms with E-state index in [-0.39, 0.29) is 0 Å². The predicted molar refractivity (Wildman–Crippen MR) is 81.1 cm³/mol. The smallest absolute Gasteiger partial charge is 0.300 e. The number of nitrogens with two attached hydrogens (primary N) is 1. The molecule has 0 radical (unpaired) electrons. The third kappa shape index (κ3) is 2.45. The van der Waals surface area contributed by atoms with E-state index in [2.05, 4.69) is 35.9 Å². The third-order valence-corrected chi connectivity index (χ3v) is 3.25. The number of rotatable bonds is 3. The third-order valence-electron chi connectivity index (χ3n) is 3.25. The van der Waals surface area contributed by atoms with Crippen LogP contribution in [0.25, 0.3) is 11.0 Å². The van der Waals surface area contributed by atoms with Gasteiger partial charge < -0.3 is 15.5 Å². The molecule has 1 heterocycles. The zero-order chi connectivity index (χ0) is 14.1. The summed E-state index contributed by atoms with van der Waals surface area (Å²) in [5.74, 6) is 1.28. The minimum Gasteiger partial charge on any atom is -0.426 e. The number of anilines is 1. The summed E-state index contributed by atoms with van der Waals surface area (Å²) in [4.78, 5) is 7.48. The van der Waals surface area contributed by atoms with Crippen molar-refractivity contribution < 1.29 is 4.74 Å². The second-order valence-electron chi connectivity index (χ2n) is 5.14. The molecule has 0 saturated heterocycles. The molecule has 0 bridgehead atoms. The highest BCUT2D eigenvalue weighted by Gasteiger charge is 2.06. The Morgan fingerprint density at radius 3 is 2.55 bits per heavy atom. The summed E-state index contributed by atoms with van der Waals surface area (Å²) in [7, 11) is 0. The standard InChI is InChI=1S/C16H17N3O/c1-10(2)11-3-6-13(7-4-11)20-16-18-14-8-5-12(17)9-15(14)19-16/h3-10H,17H2,1-2H3,(H,18,19). The number of aromatic amines is 1. The Morgan fingerprint density at radius 1 is 1.10 bits per heavy atom. The first kappa shape index (κ1) is 12.5. The topological polar surface area (TPSA) is 63.9 Å². The van der Waals surface area contributed by atoms with Gasteiger partial charge in [0.15, 0.2) is 0 Å². The highest BCUT2D eigenvalue weighted by Crippen LogP contribution is 2.24. The van der Waals surface area contributed by atoms with Crippen LogP contribution in [0.3, 0.4) is 0 Å². The van der Waals surface area contributed by atoms with Crippen molar-refractivity contribution in [1.82, 2.24) is 9.97 Å². The average molecular weight is 267 g/mol. The number of imidazole rings is 1. The summed E-state index contributed by atoms with van der Waals surface area (Å²) >= 11 is 0. The van der Waals surface area contributed by atoms with E-state index >= 15 is 0 Å². The van der Waals surface area contributed by atoms with Crippen molar-refractivity contribution in [2.24, 2.45) is 0 Å². The van der Waals surface area contributed by atoms with Crippen LogP contribution < -0.4 is 10.5 Å². The molecule has 0 atom stereocenters. The molecule has 0 aliphatic rings. The summed E-state index contributed by atoms with van der Waals surface area (Å²) in [6.07, 6.45) is 0. The van der Waals surface area contributed by atoms with Crippen molar-refractivity contribution in [3.8, 4) is 11.8 Å². The Labute approximate surface area is 117 Å². The van der Waals surface area contributed by atoms with E-state index in [1.807, 2.05) is 30.3 Å². The van der Waals surface area contributed by atoms with Crippen LogP contribution in [0.2, 0.25) is 0 Å². The molecule has 102 valence electrons. The lowest BCUT2D eigenvalue weighted by molar-refractivity contribution is 0.449. The molecule has 0 fully saturated rings. The summed E-state index contributed by atoms with van der Waals surface area (Å²) in [6, 6.07) is 14.1.